The standard InChI is InChI=1S/C27H28NO3P/c1-2-31-27(30)26(25(29)24-19-12-20-28-24)32(21-13-6-3-7-14-21,22-15-8-4-9-16-22)23-17-10-5-11-18-23/h3-11,13-18,24,28H,2,12,19-20H2,1H3/t24-/m0/s1. The molecule has 0 aliphatic carbocycles. The summed E-state index contributed by atoms with van der Waals surface area (Å²) in [6, 6.07) is 29.5. The van der Waals surface area contributed by atoms with Gasteiger partial charge in [-0.1, -0.05) is 91.0 Å². The number of hydrogen-bond donors (Lipinski definition) is 1. The number of ether oxygens (including phenoxy) is 1. The molecule has 0 saturated carbocycles. The van der Waals surface area contributed by atoms with Crippen molar-refractivity contribution >= 4 is 39.8 Å². The highest BCUT2D eigenvalue weighted by Gasteiger charge is 2.40. The highest BCUT2D eigenvalue weighted by Crippen LogP contribution is 2.47. The number of ketones is 1. The normalized spacial score (nSPS) is 15.8. The quantitative estimate of drug-likeness (QED) is 0.345. The molecule has 0 bridgehead atoms. The zero-order valence-corrected chi connectivity index (χ0v) is 19.1. The van der Waals surface area contributed by atoms with Gasteiger partial charge in [-0.3, -0.25) is 4.79 Å². The van der Waals surface area contributed by atoms with Crippen LogP contribution in [0, 0.1) is 0 Å². The molecule has 0 spiro atoms. The van der Waals surface area contributed by atoms with Crippen LogP contribution in [0.15, 0.2) is 91.0 Å². The summed E-state index contributed by atoms with van der Waals surface area (Å²) in [6.07, 6.45) is 1.64. The summed E-state index contributed by atoms with van der Waals surface area (Å²) < 4.78 is 5.56. The molecule has 0 unspecified atom stereocenters. The average Bonchev–Trinajstić information content (AvgIpc) is 3.39. The highest BCUT2D eigenvalue weighted by atomic mass is 31.2. The van der Waals surface area contributed by atoms with Crippen molar-refractivity contribution in [2.75, 3.05) is 13.2 Å². The Morgan fingerprint density at radius 3 is 1.69 bits per heavy atom. The van der Waals surface area contributed by atoms with Crippen LogP contribution in [0.1, 0.15) is 19.8 Å². The molecule has 1 heterocycles. The van der Waals surface area contributed by atoms with Crippen LogP contribution in [-0.2, 0) is 14.3 Å². The molecule has 0 radical (unpaired) electrons. The van der Waals surface area contributed by atoms with Crippen LogP contribution in [0.4, 0.5) is 0 Å². The lowest BCUT2D eigenvalue weighted by atomic mass is 10.1. The SMILES string of the molecule is CCOC(=O)C(C(=O)[C@@H]1CCCN1)=P(c1ccccc1)(c1ccccc1)c1ccccc1. The maximum atomic E-state index is 14.1. The Labute approximate surface area is 189 Å². The average molecular weight is 445 g/mol. The van der Waals surface area contributed by atoms with Gasteiger partial charge in [-0.05, 0) is 49.1 Å². The predicted octanol–water partition coefficient (Wildman–Crippen LogP) is 3.04. The molecule has 0 aromatic heterocycles. The van der Waals surface area contributed by atoms with Crippen LogP contribution in [0.25, 0.3) is 0 Å². The summed E-state index contributed by atoms with van der Waals surface area (Å²) in [7, 11) is 0. The Morgan fingerprint density at radius 1 is 0.844 bits per heavy atom. The van der Waals surface area contributed by atoms with Crippen LogP contribution in [0.2, 0.25) is 0 Å². The lowest BCUT2D eigenvalue weighted by Gasteiger charge is -2.32. The van der Waals surface area contributed by atoms with E-state index in [0.29, 0.717) is 0 Å². The Hall–Kier alpha value is -2.94. The first-order valence-corrected chi connectivity index (χ1v) is 12.9. The summed E-state index contributed by atoms with van der Waals surface area (Å²) in [4.78, 5) is 27.7. The molecule has 4 rings (SSSR count). The minimum absolute atomic E-state index is 0.147. The van der Waals surface area contributed by atoms with E-state index in [2.05, 4.69) is 5.32 Å². The molecular formula is C27H28NO3P. The van der Waals surface area contributed by atoms with Crippen molar-refractivity contribution < 1.29 is 14.3 Å². The first-order chi connectivity index (χ1) is 15.7. The largest absolute Gasteiger partial charge is 0.462 e. The van der Waals surface area contributed by atoms with Gasteiger partial charge in [-0.25, -0.2) is 4.79 Å². The molecule has 3 aromatic carbocycles. The van der Waals surface area contributed by atoms with E-state index < -0.39 is 12.9 Å². The van der Waals surface area contributed by atoms with Gasteiger partial charge in [-0.15, -0.1) is 0 Å². The fraction of sp³-hybridized carbons (Fsp3) is 0.222. The number of esters is 1. The van der Waals surface area contributed by atoms with Crippen LogP contribution in [-0.4, -0.2) is 36.2 Å². The molecule has 1 atom stereocenters. The number of carbonyl (C=O) groups is 2. The van der Waals surface area contributed by atoms with Crippen molar-refractivity contribution in [2.45, 2.75) is 25.8 Å². The molecule has 1 saturated heterocycles. The molecule has 32 heavy (non-hydrogen) atoms. The van der Waals surface area contributed by atoms with E-state index in [1.165, 1.54) is 0 Å². The molecule has 1 aliphatic heterocycles. The molecular weight excluding hydrogens is 417 g/mol. The number of Topliss-reactive ketones (excluding diaryl/α,β-unsaturated/α-hetero) is 1. The van der Waals surface area contributed by atoms with E-state index in [1.807, 2.05) is 91.0 Å². The molecule has 0 amide bonds. The van der Waals surface area contributed by atoms with Gasteiger partial charge in [0.1, 0.15) is 5.29 Å². The van der Waals surface area contributed by atoms with Crippen molar-refractivity contribution in [1.29, 1.82) is 0 Å². The summed E-state index contributed by atoms with van der Waals surface area (Å²) >= 11 is 0. The Kier molecular flexibility index (Phi) is 7.04. The van der Waals surface area contributed by atoms with Crippen molar-refractivity contribution in [3.63, 3.8) is 0 Å². The van der Waals surface area contributed by atoms with E-state index in [-0.39, 0.29) is 23.7 Å². The predicted molar refractivity (Wildman–Crippen MR) is 133 cm³/mol. The first kappa shape index (κ1) is 22.3. The molecule has 164 valence electrons. The third-order valence-electron chi connectivity index (χ3n) is 5.84. The summed E-state index contributed by atoms with van der Waals surface area (Å²) in [5.74, 6) is -0.665. The molecule has 4 nitrogen and oxygen atoms in total. The topological polar surface area (TPSA) is 55.4 Å². The van der Waals surface area contributed by atoms with Crippen molar-refractivity contribution in [1.82, 2.24) is 5.32 Å². The molecule has 1 fully saturated rings. The number of hydrogen-bond acceptors (Lipinski definition) is 4. The smallest absolute Gasteiger partial charge is 0.342 e. The number of nitrogens with one attached hydrogen (secondary N) is 1. The van der Waals surface area contributed by atoms with Crippen LogP contribution in [0.5, 0.6) is 0 Å². The molecule has 1 N–H and O–H groups in total. The maximum absolute atomic E-state index is 14.1. The van der Waals surface area contributed by atoms with Gasteiger partial charge in [0.25, 0.3) is 0 Å². The first-order valence-electron chi connectivity index (χ1n) is 11.1. The number of carbonyl (C=O) groups excluding carboxylic acids is 2. The van der Waals surface area contributed by atoms with Crippen molar-refractivity contribution in [2.24, 2.45) is 0 Å². The Balaban J connectivity index is 2.20. The zero-order valence-electron chi connectivity index (χ0n) is 18.2. The minimum atomic E-state index is -2.81. The third kappa shape index (κ3) is 4.09. The minimum Gasteiger partial charge on any atom is -0.462 e. The monoisotopic (exact) mass is 445 g/mol. The van der Waals surface area contributed by atoms with Gasteiger partial charge < -0.3 is 10.1 Å². The lowest BCUT2D eigenvalue weighted by molar-refractivity contribution is -0.135. The van der Waals surface area contributed by atoms with Crippen LogP contribution >= 0.6 is 6.89 Å². The van der Waals surface area contributed by atoms with Gasteiger partial charge in [0.05, 0.1) is 12.6 Å². The zero-order chi connectivity index (χ0) is 22.4. The summed E-state index contributed by atoms with van der Waals surface area (Å²) in [5, 5.41) is 6.46. The van der Waals surface area contributed by atoms with Crippen molar-refractivity contribution in [3.05, 3.63) is 91.0 Å². The highest BCUT2D eigenvalue weighted by molar-refractivity contribution is 7.97. The number of rotatable bonds is 7. The second kappa shape index (κ2) is 10.1. The second-order valence-corrected chi connectivity index (χ2v) is 11.1. The van der Waals surface area contributed by atoms with E-state index in [0.717, 1.165) is 35.3 Å². The van der Waals surface area contributed by atoms with Crippen LogP contribution in [0.3, 0.4) is 0 Å². The van der Waals surface area contributed by atoms with E-state index in [1.54, 1.807) is 6.92 Å². The molecule has 3 aromatic rings. The van der Waals surface area contributed by atoms with Gasteiger partial charge >= 0.3 is 5.97 Å². The van der Waals surface area contributed by atoms with Crippen molar-refractivity contribution in [3.8, 4) is 0 Å². The third-order valence-corrected chi connectivity index (χ3v) is 10.1. The Bertz CT molecular complexity index is 1020. The van der Waals surface area contributed by atoms with E-state index >= 15 is 0 Å². The van der Waals surface area contributed by atoms with Gasteiger partial charge in [0.2, 0.25) is 0 Å². The number of benzene rings is 3. The van der Waals surface area contributed by atoms with E-state index in [9.17, 15) is 9.59 Å². The summed E-state index contributed by atoms with van der Waals surface area (Å²) in [5.41, 5.74) is 0. The molecule has 1 aliphatic rings. The molecule has 5 heteroatoms. The van der Waals surface area contributed by atoms with Crippen LogP contribution < -0.4 is 21.2 Å². The lowest BCUT2D eigenvalue weighted by Crippen LogP contribution is -2.45. The Morgan fingerprint density at radius 2 is 1.31 bits per heavy atom. The maximum Gasteiger partial charge on any atom is 0.342 e. The second-order valence-electron chi connectivity index (χ2n) is 7.76. The summed E-state index contributed by atoms with van der Waals surface area (Å²) in [6.45, 7) is -0.0339. The fourth-order valence-corrected chi connectivity index (χ4v) is 8.82. The fourth-order valence-electron chi connectivity index (χ4n) is 4.46. The van der Waals surface area contributed by atoms with Gasteiger partial charge in [-0.2, -0.15) is 0 Å². The van der Waals surface area contributed by atoms with E-state index in [4.69, 9.17) is 4.74 Å². The van der Waals surface area contributed by atoms with Gasteiger partial charge in [0.15, 0.2) is 5.78 Å². The van der Waals surface area contributed by atoms with Gasteiger partial charge in [0, 0.05) is 0 Å².